The molecule has 0 aromatic carbocycles. The molecule has 0 radical (unpaired) electrons. The molecule has 1 heterocycles. The lowest BCUT2D eigenvalue weighted by atomic mass is 9.95. The number of esters is 1. The number of hydrogen-bond acceptors (Lipinski definition) is 5. The molecular weight excluding hydrogens is 246 g/mol. The summed E-state index contributed by atoms with van der Waals surface area (Å²) in [6.45, 7) is 0. The molecular formula is C14H19NO4. The van der Waals surface area contributed by atoms with Crippen LogP contribution in [0.1, 0.15) is 36.0 Å². The minimum atomic E-state index is -0.384. The van der Waals surface area contributed by atoms with E-state index in [1.54, 1.807) is 25.4 Å². The normalized spacial score (nSPS) is 22.8. The molecule has 2 rings (SSSR count). The van der Waals surface area contributed by atoms with Crippen LogP contribution in [0.25, 0.3) is 0 Å². The molecule has 1 fully saturated rings. The van der Waals surface area contributed by atoms with Crippen LogP contribution in [-0.2, 0) is 9.47 Å². The predicted molar refractivity (Wildman–Crippen MR) is 69.3 cm³/mol. The zero-order chi connectivity index (χ0) is 13.7. The topological polar surface area (TPSA) is 57.7 Å². The van der Waals surface area contributed by atoms with E-state index in [4.69, 9.17) is 9.47 Å². The summed E-state index contributed by atoms with van der Waals surface area (Å²) < 4.78 is 15.9. The summed E-state index contributed by atoms with van der Waals surface area (Å²) in [4.78, 5) is 15.6. The average molecular weight is 265 g/mol. The summed E-state index contributed by atoms with van der Waals surface area (Å²) in [5.74, 6) is 0.0790. The van der Waals surface area contributed by atoms with Crippen LogP contribution in [0.2, 0.25) is 0 Å². The highest BCUT2D eigenvalue weighted by atomic mass is 16.5. The van der Waals surface area contributed by atoms with E-state index in [-0.39, 0.29) is 18.2 Å². The summed E-state index contributed by atoms with van der Waals surface area (Å²) >= 11 is 0. The van der Waals surface area contributed by atoms with Gasteiger partial charge in [0.2, 0.25) is 5.88 Å². The molecule has 0 bridgehead atoms. The van der Waals surface area contributed by atoms with Crippen molar-refractivity contribution in [1.82, 2.24) is 4.98 Å². The number of ether oxygens (including phenoxy) is 3. The van der Waals surface area contributed by atoms with Crippen molar-refractivity contribution < 1.29 is 19.0 Å². The third kappa shape index (κ3) is 3.67. The fraction of sp³-hybridized carbons (Fsp3) is 0.571. The van der Waals surface area contributed by atoms with Crippen molar-refractivity contribution in [2.75, 3.05) is 14.2 Å². The van der Waals surface area contributed by atoms with Gasteiger partial charge in [-0.3, -0.25) is 0 Å². The lowest BCUT2D eigenvalue weighted by molar-refractivity contribution is 0.0194. The lowest BCUT2D eigenvalue weighted by Gasteiger charge is -2.28. The van der Waals surface area contributed by atoms with Gasteiger partial charge in [-0.1, -0.05) is 0 Å². The molecule has 1 aliphatic carbocycles. The SMILES string of the molecule is COC(=O)c1ccnc(OC2CCCC(OC)C2)c1. The third-order valence-electron chi connectivity index (χ3n) is 3.35. The summed E-state index contributed by atoms with van der Waals surface area (Å²) in [5.41, 5.74) is 0.451. The van der Waals surface area contributed by atoms with Gasteiger partial charge in [-0.2, -0.15) is 0 Å². The molecule has 0 spiro atoms. The largest absolute Gasteiger partial charge is 0.474 e. The zero-order valence-corrected chi connectivity index (χ0v) is 11.3. The van der Waals surface area contributed by atoms with Gasteiger partial charge in [-0.05, 0) is 25.3 Å². The van der Waals surface area contributed by atoms with Crippen LogP contribution in [-0.4, -0.2) is 37.4 Å². The Labute approximate surface area is 112 Å². The van der Waals surface area contributed by atoms with Crippen molar-refractivity contribution in [2.45, 2.75) is 37.9 Å². The summed E-state index contributed by atoms with van der Waals surface area (Å²) in [5, 5.41) is 0. The maximum absolute atomic E-state index is 11.4. The number of hydrogen-bond donors (Lipinski definition) is 0. The second-order valence-corrected chi connectivity index (χ2v) is 4.64. The number of methoxy groups -OCH3 is 2. The highest BCUT2D eigenvalue weighted by Gasteiger charge is 2.23. The van der Waals surface area contributed by atoms with E-state index in [0.717, 1.165) is 25.7 Å². The first-order valence-electron chi connectivity index (χ1n) is 6.46. The van der Waals surface area contributed by atoms with Crippen molar-refractivity contribution in [3.63, 3.8) is 0 Å². The maximum Gasteiger partial charge on any atom is 0.338 e. The molecule has 1 aromatic heterocycles. The quantitative estimate of drug-likeness (QED) is 0.781. The molecule has 19 heavy (non-hydrogen) atoms. The van der Waals surface area contributed by atoms with Crippen molar-refractivity contribution in [3.8, 4) is 5.88 Å². The molecule has 2 atom stereocenters. The number of aromatic nitrogens is 1. The summed E-state index contributed by atoms with van der Waals surface area (Å²) in [6.07, 6.45) is 5.91. The molecule has 1 aliphatic rings. The Balaban J connectivity index is 2.00. The number of pyridine rings is 1. The Morgan fingerprint density at radius 3 is 2.84 bits per heavy atom. The van der Waals surface area contributed by atoms with Gasteiger partial charge in [0.15, 0.2) is 0 Å². The zero-order valence-electron chi connectivity index (χ0n) is 11.3. The number of nitrogens with zero attached hydrogens (tertiary/aromatic N) is 1. The van der Waals surface area contributed by atoms with E-state index in [0.29, 0.717) is 11.4 Å². The molecule has 2 unspecified atom stereocenters. The van der Waals surface area contributed by atoms with Crippen LogP contribution in [0.15, 0.2) is 18.3 Å². The molecule has 0 N–H and O–H groups in total. The minimum Gasteiger partial charge on any atom is -0.474 e. The van der Waals surface area contributed by atoms with Crippen LogP contribution in [0.3, 0.4) is 0 Å². The van der Waals surface area contributed by atoms with Crippen LogP contribution >= 0.6 is 0 Å². The summed E-state index contributed by atoms with van der Waals surface area (Å²) in [6, 6.07) is 3.22. The molecule has 104 valence electrons. The van der Waals surface area contributed by atoms with Gasteiger partial charge in [0.1, 0.15) is 6.10 Å². The molecule has 5 nitrogen and oxygen atoms in total. The van der Waals surface area contributed by atoms with Gasteiger partial charge in [0.05, 0.1) is 18.8 Å². The molecule has 0 saturated heterocycles. The van der Waals surface area contributed by atoms with Crippen LogP contribution in [0.5, 0.6) is 5.88 Å². The first kappa shape index (κ1) is 13.8. The number of carbonyl (C=O) groups excluding carboxylic acids is 1. The molecule has 1 saturated carbocycles. The maximum atomic E-state index is 11.4. The molecule has 0 amide bonds. The highest BCUT2D eigenvalue weighted by Crippen LogP contribution is 2.24. The molecule has 5 heteroatoms. The smallest absolute Gasteiger partial charge is 0.338 e. The molecule has 1 aromatic rings. The van der Waals surface area contributed by atoms with Crippen molar-refractivity contribution in [2.24, 2.45) is 0 Å². The van der Waals surface area contributed by atoms with Gasteiger partial charge in [0, 0.05) is 25.8 Å². The Morgan fingerprint density at radius 2 is 2.11 bits per heavy atom. The second kappa shape index (κ2) is 6.52. The fourth-order valence-corrected chi connectivity index (χ4v) is 2.31. The Bertz CT molecular complexity index is 435. The first-order valence-corrected chi connectivity index (χ1v) is 6.46. The molecule has 0 aliphatic heterocycles. The van der Waals surface area contributed by atoms with Crippen LogP contribution in [0, 0.1) is 0 Å². The van der Waals surface area contributed by atoms with E-state index in [1.165, 1.54) is 7.11 Å². The number of carbonyl (C=O) groups is 1. The van der Waals surface area contributed by atoms with Gasteiger partial charge >= 0.3 is 5.97 Å². The fourth-order valence-electron chi connectivity index (χ4n) is 2.31. The second-order valence-electron chi connectivity index (χ2n) is 4.64. The average Bonchev–Trinajstić information content (AvgIpc) is 2.47. The van der Waals surface area contributed by atoms with E-state index >= 15 is 0 Å². The van der Waals surface area contributed by atoms with Gasteiger partial charge in [-0.25, -0.2) is 9.78 Å². The van der Waals surface area contributed by atoms with E-state index in [2.05, 4.69) is 9.72 Å². The van der Waals surface area contributed by atoms with Crippen molar-refractivity contribution >= 4 is 5.97 Å². The Morgan fingerprint density at radius 1 is 1.32 bits per heavy atom. The van der Waals surface area contributed by atoms with E-state index in [9.17, 15) is 4.79 Å². The van der Waals surface area contributed by atoms with Crippen LogP contribution < -0.4 is 4.74 Å². The van der Waals surface area contributed by atoms with Crippen molar-refractivity contribution in [3.05, 3.63) is 23.9 Å². The Hall–Kier alpha value is -1.62. The van der Waals surface area contributed by atoms with Crippen LogP contribution in [0.4, 0.5) is 0 Å². The van der Waals surface area contributed by atoms with Gasteiger partial charge in [0.25, 0.3) is 0 Å². The minimum absolute atomic E-state index is 0.0964. The predicted octanol–water partition coefficient (Wildman–Crippen LogP) is 2.20. The third-order valence-corrected chi connectivity index (χ3v) is 3.35. The van der Waals surface area contributed by atoms with Gasteiger partial charge < -0.3 is 14.2 Å². The van der Waals surface area contributed by atoms with Gasteiger partial charge in [-0.15, -0.1) is 0 Å². The standard InChI is InChI=1S/C14H19NO4/c1-17-11-4-3-5-12(9-11)19-13-8-10(6-7-15-13)14(16)18-2/h6-8,11-12H,3-5,9H2,1-2H3. The monoisotopic (exact) mass is 265 g/mol. The van der Waals surface area contributed by atoms with Crippen molar-refractivity contribution in [1.29, 1.82) is 0 Å². The van der Waals surface area contributed by atoms with E-state index < -0.39 is 0 Å². The Kier molecular flexibility index (Phi) is 4.74. The first-order chi connectivity index (χ1) is 9.22. The van der Waals surface area contributed by atoms with E-state index in [1.807, 2.05) is 0 Å². The lowest BCUT2D eigenvalue weighted by Crippen LogP contribution is -2.29. The summed E-state index contributed by atoms with van der Waals surface area (Å²) in [7, 11) is 3.08. The number of rotatable bonds is 4. The highest BCUT2D eigenvalue weighted by molar-refractivity contribution is 5.89.